The summed E-state index contributed by atoms with van der Waals surface area (Å²) >= 11 is 0. The number of amides is 1. The number of rotatable bonds is 5. The van der Waals surface area contributed by atoms with Crippen molar-refractivity contribution in [3.63, 3.8) is 0 Å². The molecule has 2 aromatic carbocycles. The fraction of sp³-hybridized carbons (Fsp3) is 0.105. The Morgan fingerprint density at radius 3 is 2.50 bits per heavy atom. The highest BCUT2D eigenvalue weighted by molar-refractivity contribution is 5.94. The van der Waals surface area contributed by atoms with Crippen LogP contribution in [0.5, 0.6) is 0 Å². The zero-order chi connectivity index (χ0) is 16.8. The van der Waals surface area contributed by atoms with Crippen LogP contribution in [-0.4, -0.2) is 15.7 Å². The first kappa shape index (κ1) is 15.5. The second-order valence-corrected chi connectivity index (χ2v) is 5.34. The minimum atomic E-state index is -0.159. The first-order valence-corrected chi connectivity index (χ1v) is 7.59. The third-order valence-electron chi connectivity index (χ3n) is 3.73. The van der Waals surface area contributed by atoms with Gasteiger partial charge < -0.3 is 5.32 Å². The molecule has 118 valence electrons. The Kier molecular flexibility index (Phi) is 4.68. The summed E-state index contributed by atoms with van der Waals surface area (Å²) in [5.41, 5.74) is 3.24. The summed E-state index contributed by atoms with van der Waals surface area (Å²) in [6.45, 7) is 1.10. The summed E-state index contributed by atoms with van der Waals surface area (Å²) in [6.07, 6.45) is 3.65. The predicted molar refractivity (Wildman–Crippen MR) is 90.1 cm³/mol. The van der Waals surface area contributed by atoms with Gasteiger partial charge >= 0.3 is 0 Å². The number of hydrogen-bond donors (Lipinski definition) is 1. The van der Waals surface area contributed by atoms with Gasteiger partial charge in [-0.1, -0.05) is 24.3 Å². The first-order chi connectivity index (χ1) is 11.8. The summed E-state index contributed by atoms with van der Waals surface area (Å²) in [5.74, 6) is -0.159. The average Bonchev–Trinajstić information content (AvgIpc) is 3.14. The smallest absolute Gasteiger partial charge is 0.251 e. The lowest BCUT2D eigenvalue weighted by molar-refractivity contribution is 0.0951. The molecule has 0 unspecified atom stereocenters. The van der Waals surface area contributed by atoms with Gasteiger partial charge in [-0.3, -0.25) is 9.48 Å². The normalized spacial score (nSPS) is 10.1. The Balaban J connectivity index is 1.67. The number of aromatic nitrogens is 2. The molecule has 5 nitrogen and oxygen atoms in total. The number of hydrogen-bond acceptors (Lipinski definition) is 3. The van der Waals surface area contributed by atoms with E-state index in [1.807, 2.05) is 47.3 Å². The standard InChI is InChI=1S/C19H16N4O/c20-12-15-6-8-16(9-7-15)19(24)21-13-17-4-1-2-5-18(17)14-23-11-3-10-22-23/h1-11H,13-14H2,(H,21,24). The Hall–Kier alpha value is -3.39. The van der Waals surface area contributed by atoms with Crippen LogP contribution in [0.1, 0.15) is 27.0 Å². The van der Waals surface area contributed by atoms with Crippen molar-refractivity contribution >= 4 is 5.91 Å². The van der Waals surface area contributed by atoms with Gasteiger partial charge in [0.25, 0.3) is 5.91 Å². The molecule has 0 bridgehead atoms. The molecule has 3 rings (SSSR count). The van der Waals surface area contributed by atoms with Crippen LogP contribution in [0.3, 0.4) is 0 Å². The maximum Gasteiger partial charge on any atom is 0.251 e. The number of benzene rings is 2. The molecule has 0 saturated carbocycles. The van der Waals surface area contributed by atoms with E-state index < -0.39 is 0 Å². The van der Waals surface area contributed by atoms with Gasteiger partial charge in [-0.15, -0.1) is 0 Å². The molecule has 24 heavy (non-hydrogen) atoms. The molecule has 0 spiro atoms. The second-order valence-electron chi connectivity index (χ2n) is 5.34. The van der Waals surface area contributed by atoms with E-state index in [4.69, 9.17) is 5.26 Å². The van der Waals surface area contributed by atoms with Crippen LogP contribution in [-0.2, 0) is 13.1 Å². The molecular weight excluding hydrogens is 300 g/mol. The van der Waals surface area contributed by atoms with Crippen molar-refractivity contribution in [2.75, 3.05) is 0 Å². The molecule has 0 fully saturated rings. The fourth-order valence-electron chi connectivity index (χ4n) is 2.43. The highest BCUT2D eigenvalue weighted by atomic mass is 16.1. The molecule has 0 atom stereocenters. The zero-order valence-corrected chi connectivity index (χ0v) is 13.0. The lowest BCUT2D eigenvalue weighted by atomic mass is 10.1. The third kappa shape index (κ3) is 3.68. The Morgan fingerprint density at radius 1 is 1.08 bits per heavy atom. The van der Waals surface area contributed by atoms with E-state index in [0.29, 0.717) is 24.2 Å². The molecule has 1 aromatic heterocycles. The molecule has 1 N–H and O–H groups in total. The maximum absolute atomic E-state index is 12.2. The Morgan fingerprint density at radius 2 is 1.83 bits per heavy atom. The van der Waals surface area contributed by atoms with Crippen molar-refractivity contribution in [3.05, 3.63) is 89.2 Å². The van der Waals surface area contributed by atoms with E-state index in [2.05, 4.69) is 10.4 Å². The molecule has 1 amide bonds. The highest BCUT2D eigenvalue weighted by Gasteiger charge is 2.08. The van der Waals surface area contributed by atoms with E-state index in [9.17, 15) is 4.79 Å². The van der Waals surface area contributed by atoms with E-state index >= 15 is 0 Å². The monoisotopic (exact) mass is 316 g/mol. The minimum absolute atomic E-state index is 0.159. The first-order valence-electron chi connectivity index (χ1n) is 7.59. The van der Waals surface area contributed by atoms with Crippen LogP contribution in [0.2, 0.25) is 0 Å². The number of carbonyl (C=O) groups is 1. The quantitative estimate of drug-likeness (QED) is 0.787. The number of carbonyl (C=O) groups excluding carboxylic acids is 1. The molecule has 3 aromatic rings. The Labute approximate surface area is 140 Å². The third-order valence-corrected chi connectivity index (χ3v) is 3.73. The van der Waals surface area contributed by atoms with Crippen LogP contribution in [0, 0.1) is 11.3 Å². The fourth-order valence-corrected chi connectivity index (χ4v) is 2.43. The van der Waals surface area contributed by atoms with Crippen molar-refractivity contribution in [1.82, 2.24) is 15.1 Å². The topological polar surface area (TPSA) is 70.7 Å². The SMILES string of the molecule is N#Cc1ccc(C(=O)NCc2ccccc2Cn2cccn2)cc1. The van der Waals surface area contributed by atoms with Gasteiger partial charge in [-0.25, -0.2) is 0 Å². The van der Waals surface area contributed by atoms with E-state index in [1.54, 1.807) is 30.5 Å². The molecule has 0 aliphatic carbocycles. The minimum Gasteiger partial charge on any atom is -0.348 e. The van der Waals surface area contributed by atoms with Gasteiger partial charge in [0.1, 0.15) is 0 Å². The Bertz CT molecular complexity index is 861. The van der Waals surface area contributed by atoms with Crippen LogP contribution in [0.25, 0.3) is 0 Å². The van der Waals surface area contributed by atoms with Crippen LogP contribution >= 0.6 is 0 Å². The number of nitrogens with zero attached hydrogens (tertiary/aromatic N) is 3. The number of nitriles is 1. The van der Waals surface area contributed by atoms with Gasteiger partial charge in [0.05, 0.1) is 18.2 Å². The molecule has 0 radical (unpaired) electrons. The molecule has 0 saturated heterocycles. The van der Waals surface area contributed by atoms with E-state index in [-0.39, 0.29) is 5.91 Å². The lowest BCUT2D eigenvalue weighted by Crippen LogP contribution is -2.23. The highest BCUT2D eigenvalue weighted by Crippen LogP contribution is 2.11. The van der Waals surface area contributed by atoms with Crippen molar-refractivity contribution in [2.45, 2.75) is 13.1 Å². The average molecular weight is 316 g/mol. The van der Waals surface area contributed by atoms with Crippen LogP contribution in [0.4, 0.5) is 0 Å². The summed E-state index contributed by atoms with van der Waals surface area (Å²) in [4.78, 5) is 12.2. The second kappa shape index (κ2) is 7.25. The summed E-state index contributed by atoms with van der Waals surface area (Å²) < 4.78 is 1.85. The summed E-state index contributed by atoms with van der Waals surface area (Å²) in [6, 6.07) is 18.5. The van der Waals surface area contributed by atoms with Gasteiger partial charge in [-0.05, 0) is 41.5 Å². The van der Waals surface area contributed by atoms with Crippen molar-refractivity contribution < 1.29 is 4.79 Å². The van der Waals surface area contributed by atoms with Crippen molar-refractivity contribution in [2.24, 2.45) is 0 Å². The molecule has 1 heterocycles. The lowest BCUT2D eigenvalue weighted by Gasteiger charge is -2.11. The number of nitrogens with one attached hydrogen (secondary N) is 1. The van der Waals surface area contributed by atoms with Crippen molar-refractivity contribution in [1.29, 1.82) is 5.26 Å². The zero-order valence-electron chi connectivity index (χ0n) is 13.0. The summed E-state index contributed by atoms with van der Waals surface area (Å²) in [7, 11) is 0. The molecule has 5 heteroatoms. The predicted octanol–water partition coefficient (Wildman–Crippen LogP) is 2.73. The van der Waals surface area contributed by atoms with Gasteiger partial charge in [0.15, 0.2) is 0 Å². The molecule has 0 aliphatic heterocycles. The van der Waals surface area contributed by atoms with E-state index in [0.717, 1.165) is 11.1 Å². The summed E-state index contributed by atoms with van der Waals surface area (Å²) in [5, 5.41) is 15.9. The molecule has 0 aliphatic rings. The largest absolute Gasteiger partial charge is 0.348 e. The molecular formula is C19H16N4O. The van der Waals surface area contributed by atoms with Crippen LogP contribution in [0.15, 0.2) is 67.0 Å². The van der Waals surface area contributed by atoms with Gasteiger partial charge in [0, 0.05) is 24.5 Å². The van der Waals surface area contributed by atoms with E-state index in [1.165, 1.54) is 0 Å². The maximum atomic E-state index is 12.2. The van der Waals surface area contributed by atoms with Crippen molar-refractivity contribution in [3.8, 4) is 6.07 Å². The van der Waals surface area contributed by atoms with Gasteiger partial charge in [-0.2, -0.15) is 10.4 Å². The van der Waals surface area contributed by atoms with Crippen LogP contribution < -0.4 is 5.32 Å². The van der Waals surface area contributed by atoms with Gasteiger partial charge in [0.2, 0.25) is 0 Å².